The van der Waals surface area contributed by atoms with Gasteiger partial charge < -0.3 is 19.5 Å². The normalized spacial score (nSPS) is 24.3. The van der Waals surface area contributed by atoms with E-state index in [4.69, 9.17) is 19.0 Å². The van der Waals surface area contributed by atoms with Crippen molar-refractivity contribution >= 4 is 12.1 Å². The van der Waals surface area contributed by atoms with Crippen molar-refractivity contribution in [1.82, 2.24) is 10.8 Å². The zero-order valence-corrected chi connectivity index (χ0v) is 14.6. The van der Waals surface area contributed by atoms with Gasteiger partial charge in [0.25, 0.3) is 5.79 Å². The standard InChI is InChI=1S/C15H28N2O6/c1-14(2,3)22-13(19)16-9-7-6-8-11-10-15(21-5,23-17-11)12(18)20-4/h11,17H,6-10H2,1-5H3,(H,16,19)/t11-,15?/m1/s1. The largest absolute Gasteiger partial charge is 0.465 e. The highest BCUT2D eigenvalue weighted by Gasteiger charge is 2.49. The van der Waals surface area contributed by atoms with Gasteiger partial charge in [0.1, 0.15) is 5.60 Å². The maximum absolute atomic E-state index is 11.7. The monoisotopic (exact) mass is 332 g/mol. The number of methoxy groups -OCH3 is 2. The summed E-state index contributed by atoms with van der Waals surface area (Å²) in [5.41, 5.74) is 2.31. The molecule has 8 nitrogen and oxygen atoms in total. The van der Waals surface area contributed by atoms with Crippen molar-refractivity contribution in [2.24, 2.45) is 0 Å². The Labute approximate surface area is 137 Å². The topological polar surface area (TPSA) is 95.1 Å². The molecule has 1 heterocycles. The zero-order valence-electron chi connectivity index (χ0n) is 14.6. The number of carbonyl (C=O) groups excluding carboxylic acids is 2. The van der Waals surface area contributed by atoms with E-state index in [1.807, 2.05) is 20.8 Å². The van der Waals surface area contributed by atoms with E-state index in [9.17, 15) is 9.59 Å². The number of hydroxylamine groups is 1. The number of hydrogen-bond acceptors (Lipinski definition) is 7. The molecule has 2 atom stereocenters. The lowest BCUT2D eigenvalue weighted by Gasteiger charge is -2.21. The van der Waals surface area contributed by atoms with Crippen molar-refractivity contribution < 1.29 is 28.6 Å². The van der Waals surface area contributed by atoms with Crippen LogP contribution >= 0.6 is 0 Å². The Hall–Kier alpha value is -1.38. The van der Waals surface area contributed by atoms with E-state index in [1.54, 1.807) is 0 Å². The first-order valence-electron chi connectivity index (χ1n) is 7.76. The van der Waals surface area contributed by atoms with E-state index in [-0.39, 0.29) is 6.04 Å². The Balaban J connectivity index is 2.20. The van der Waals surface area contributed by atoms with E-state index in [2.05, 4.69) is 10.8 Å². The van der Waals surface area contributed by atoms with Crippen LogP contribution in [0.1, 0.15) is 46.5 Å². The Morgan fingerprint density at radius 3 is 2.57 bits per heavy atom. The lowest BCUT2D eigenvalue weighted by molar-refractivity contribution is -0.235. The smallest absolute Gasteiger partial charge is 0.407 e. The molecule has 1 aliphatic rings. The van der Waals surface area contributed by atoms with Gasteiger partial charge in [-0.15, -0.1) is 0 Å². The van der Waals surface area contributed by atoms with Crippen LogP contribution in [0.25, 0.3) is 0 Å². The summed E-state index contributed by atoms with van der Waals surface area (Å²) in [6.07, 6.45) is 2.42. The lowest BCUT2D eigenvalue weighted by Crippen LogP contribution is -2.42. The summed E-state index contributed by atoms with van der Waals surface area (Å²) in [7, 11) is 2.70. The first-order chi connectivity index (χ1) is 10.7. The molecule has 1 saturated heterocycles. The molecule has 8 heteroatoms. The van der Waals surface area contributed by atoms with Crippen LogP contribution in [0.3, 0.4) is 0 Å². The minimum atomic E-state index is -1.37. The first-order valence-corrected chi connectivity index (χ1v) is 7.76. The maximum atomic E-state index is 11.7. The molecular formula is C15H28N2O6. The number of alkyl carbamates (subject to hydrolysis) is 1. The van der Waals surface area contributed by atoms with Gasteiger partial charge >= 0.3 is 12.1 Å². The molecule has 0 aromatic rings. The highest BCUT2D eigenvalue weighted by Crippen LogP contribution is 2.28. The molecular weight excluding hydrogens is 304 g/mol. The van der Waals surface area contributed by atoms with Gasteiger partial charge in [0, 0.05) is 26.1 Å². The fourth-order valence-corrected chi connectivity index (χ4v) is 2.26. The number of unbranched alkanes of at least 4 members (excludes halogenated alkanes) is 1. The summed E-state index contributed by atoms with van der Waals surface area (Å²) in [5, 5.41) is 2.71. The van der Waals surface area contributed by atoms with Crippen molar-refractivity contribution in [3.05, 3.63) is 0 Å². The van der Waals surface area contributed by atoms with Crippen molar-refractivity contribution in [1.29, 1.82) is 0 Å². The number of rotatable bonds is 7. The van der Waals surface area contributed by atoms with Crippen molar-refractivity contribution in [3.8, 4) is 0 Å². The third-order valence-electron chi connectivity index (χ3n) is 3.38. The van der Waals surface area contributed by atoms with Crippen LogP contribution in [0.15, 0.2) is 0 Å². The number of nitrogens with one attached hydrogen (secondary N) is 2. The van der Waals surface area contributed by atoms with Crippen LogP contribution in [0.4, 0.5) is 4.79 Å². The Morgan fingerprint density at radius 1 is 1.30 bits per heavy atom. The van der Waals surface area contributed by atoms with Gasteiger partial charge in [0.2, 0.25) is 0 Å². The van der Waals surface area contributed by atoms with E-state index >= 15 is 0 Å². The Morgan fingerprint density at radius 2 is 2.00 bits per heavy atom. The number of carbonyl (C=O) groups is 2. The maximum Gasteiger partial charge on any atom is 0.407 e. The van der Waals surface area contributed by atoms with Gasteiger partial charge in [-0.1, -0.05) is 6.42 Å². The van der Waals surface area contributed by atoms with Crippen molar-refractivity contribution in [3.63, 3.8) is 0 Å². The second-order valence-electron chi connectivity index (χ2n) is 6.49. The van der Waals surface area contributed by atoms with E-state index < -0.39 is 23.5 Å². The number of ether oxygens (including phenoxy) is 3. The molecule has 0 bridgehead atoms. The predicted molar refractivity (Wildman–Crippen MR) is 82.5 cm³/mol. The highest BCUT2D eigenvalue weighted by atomic mass is 16.8. The second-order valence-corrected chi connectivity index (χ2v) is 6.49. The van der Waals surface area contributed by atoms with Crippen LogP contribution in [0.2, 0.25) is 0 Å². The molecule has 1 unspecified atom stereocenters. The molecule has 23 heavy (non-hydrogen) atoms. The average molecular weight is 332 g/mol. The Bertz CT molecular complexity index is 409. The lowest BCUT2D eigenvalue weighted by atomic mass is 10.0. The minimum Gasteiger partial charge on any atom is -0.465 e. The SMILES string of the molecule is COC(=O)C1(OC)C[C@@H](CCCCNC(=O)OC(C)(C)C)NO1. The predicted octanol–water partition coefficient (Wildman–Crippen LogP) is 1.49. The molecule has 0 aliphatic carbocycles. The number of hydrogen-bond donors (Lipinski definition) is 2. The molecule has 1 amide bonds. The molecule has 1 rings (SSSR count). The molecule has 0 radical (unpaired) electrons. The van der Waals surface area contributed by atoms with E-state index in [0.717, 1.165) is 19.3 Å². The summed E-state index contributed by atoms with van der Waals surface area (Å²) >= 11 is 0. The summed E-state index contributed by atoms with van der Waals surface area (Å²) in [6, 6.07) is -0.00410. The van der Waals surface area contributed by atoms with Crippen LogP contribution < -0.4 is 10.8 Å². The number of amides is 1. The van der Waals surface area contributed by atoms with Crippen LogP contribution in [0, 0.1) is 0 Å². The molecule has 1 aliphatic heterocycles. The summed E-state index contributed by atoms with van der Waals surface area (Å²) in [6.45, 7) is 6.00. The third-order valence-corrected chi connectivity index (χ3v) is 3.38. The quantitative estimate of drug-likeness (QED) is 0.539. The third kappa shape index (κ3) is 6.32. The van der Waals surface area contributed by atoms with Gasteiger partial charge in [-0.05, 0) is 33.6 Å². The van der Waals surface area contributed by atoms with Gasteiger partial charge in [-0.2, -0.15) is 5.48 Å². The molecule has 1 fully saturated rings. The fraction of sp³-hybridized carbons (Fsp3) is 0.867. The summed E-state index contributed by atoms with van der Waals surface area (Å²) in [5.74, 6) is -1.92. The number of esters is 1. The molecule has 2 N–H and O–H groups in total. The van der Waals surface area contributed by atoms with E-state index in [0.29, 0.717) is 13.0 Å². The summed E-state index contributed by atoms with van der Waals surface area (Å²) < 4.78 is 15.0. The first kappa shape index (κ1) is 19.7. The molecule has 0 aromatic carbocycles. The Kier molecular flexibility index (Phi) is 7.24. The van der Waals surface area contributed by atoms with Crippen LogP contribution in [-0.4, -0.2) is 50.3 Å². The van der Waals surface area contributed by atoms with Crippen LogP contribution in [-0.2, 0) is 23.8 Å². The zero-order chi connectivity index (χ0) is 17.5. The van der Waals surface area contributed by atoms with Crippen molar-refractivity contribution in [2.45, 2.75) is 63.9 Å². The highest BCUT2D eigenvalue weighted by molar-refractivity contribution is 5.78. The molecule has 0 saturated carbocycles. The second kappa shape index (κ2) is 8.47. The van der Waals surface area contributed by atoms with Crippen molar-refractivity contribution in [2.75, 3.05) is 20.8 Å². The average Bonchev–Trinajstić information content (AvgIpc) is 2.89. The fourth-order valence-electron chi connectivity index (χ4n) is 2.26. The van der Waals surface area contributed by atoms with Crippen LogP contribution in [0.5, 0.6) is 0 Å². The van der Waals surface area contributed by atoms with Gasteiger partial charge in [0.15, 0.2) is 0 Å². The minimum absolute atomic E-state index is 0.00410. The molecule has 0 aromatic heterocycles. The van der Waals surface area contributed by atoms with Gasteiger partial charge in [-0.25, -0.2) is 9.59 Å². The molecule has 134 valence electrons. The van der Waals surface area contributed by atoms with Gasteiger partial charge in [-0.3, -0.25) is 4.84 Å². The van der Waals surface area contributed by atoms with E-state index in [1.165, 1.54) is 14.2 Å². The van der Waals surface area contributed by atoms with Gasteiger partial charge in [0.05, 0.1) is 7.11 Å². The summed E-state index contributed by atoms with van der Waals surface area (Å²) in [4.78, 5) is 28.4. The molecule has 0 spiro atoms.